The van der Waals surface area contributed by atoms with E-state index in [9.17, 15) is 4.79 Å². The first-order valence-electron chi connectivity index (χ1n) is 8.22. The molecule has 0 N–H and O–H groups in total. The molecule has 3 aromatic carbocycles. The standard InChI is InChI=1S/C22H19ClO2/c23-19-12-10-18(11-13-19)20(14-15-24)21-8-4-5-9-22(21)25-16-17-6-2-1-3-7-17/h1-13,15,20H,14,16H2/t20-/m1/s1. The molecule has 0 saturated carbocycles. The first-order chi connectivity index (χ1) is 12.3. The van der Waals surface area contributed by atoms with Gasteiger partial charge in [-0.15, -0.1) is 0 Å². The molecule has 0 spiro atoms. The van der Waals surface area contributed by atoms with Crippen LogP contribution in [0, 0.1) is 0 Å². The predicted molar refractivity (Wildman–Crippen MR) is 101 cm³/mol. The van der Waals surface area contributed by atoms with Crippen molar-refractivity contribution in [3.05, 3.63) is 101 Å². The summed E-state index contributed by atoms with van der Waals surface area (Å²) in [5.41, 5.74) is 3.16. The Kier molecular flexibility index (Phi) is 5.86. The van der Waals surface area contributed by atoms with Crippen molar-refractivity contribution < 1.29 is 9.53 Å². The van der Waals surface area contributed by atoms with Crippen molar-refractivity contribution in [2.45, 2.75) is 18.9 Å². The van der Waals surface area contributed by atoms with Gasteiger partial charge in [-0.2, -0.15) is 0 Å². The molecule has 1 atom stereocenters. The van der Waals surface area contributed by atoms with E-state index in [1.54, 1.807) is 0 Å². The zero-order valence-electron chi connectivity index (χ0n) is 13.8. The second-order valence-corrected chi connectivity index (χ2v) is 6.26. The molecule has 2 nitrogen and oxygen atoms in total. The Labute approximate surface area is 153 Å². The summed E-state index contributed by atoms with van der Waals surface area (Å²) >= 11 is 5.99. The number of rotatable bonds is 7. The van der Waals surface area contributed by atoms with E-state index < -0.39 is 0 Å². The van der Waals surface area contributed by atoms with Gasteiger partial charge in [-0.3, -0.25) is 0 Å². The first-order valence-corrected chi connectivity index (χ1v) is 8.60. The molecule has 3 aromatic rings. The summed E-state index contributed by atoms with van der Waals surface area (Å²) < 4.78 is 6.05. The van der Waals surface area contributed by atoms with Gasteiger partial charge in [0.05, 0.1) is 0 Å². The zero-order valence-corrected chi connectivity index (χ0v) is 14.5. The van der Waals surface area contributed by atoms with Gasteiger partial charge in [-0.05, 0) is 29.3 Å². The zero-order chi connectivity index (χ0) is 17.5. The number of benzene rings is 3. The molecule has 25 heavy (non-hydrogen) atoms. The van der Waals surface area contributed by atoms with E-state index in [-0.39, 0.29) is 5.92 Å². The number of carbonyl (C=O) groups is 1. The Hall–Kier alpha value is -2.58. The molecule has 0 amide bonds. The monoisotopic (exact) mass is 350 g/mol. The van der Waals surface area contributed by atoms with Crippen LogP contribution in [0.4, 0.5) is 0 Å². The summed E-state index contributed by atoms with van der Waals surface area (Å²) in [6.07, 6.45) is 1.35. The van der Waals surface area contributed by atoms with Crippen LogP contribution in [0.5, 0.6) is 5.75 Å². The molecule has 0 aliphatic carbocycles. The lowest BCUT2D eigenvalue weighted by molar-refractivity contribution is -0.108. The summed E-state index contributed by atoms with van der Waals surface area (Å²) in [5, 5.41) is 0.683. The smallest absolute Gasteiger partial charge is 0.123 e. The minimum atomic E-state index is -0.0539. The molecule has 126 valence electrons. The van der Waals surface area contributed by atoms with Crippen molar-refractivity contribution in [1.29, 1.82) is 0 Å². The van der Waals surface area contributed by atoms with Crippen molar-refractivity contribution in [2.75, 3.05) is 0 Å². The molecular weight excluding hydrogens is 332 g/mol. The molecule has 3 heteroatoms. The van der Waals surface area contributed by atoms with Gasteiger partial charge in [0.2, 0.25) is 0 Å². The number of para-hydroxylation sites is 1. The van der Waals surface area contributed by atoms with Gasteiger partial charge in [0.15, 0.2) is 0 Å². The average Bonchev–Trinajstić information content (AvgIpc) is 2.66. The largest absolute Gasteiger partial charge is 0.489 e. The lowest BCUT2D eigenvalue weighted by Crippen LogP contribution is -2.06. The lowest BCUT2D eigenvalue weighted by atomic mass is 9.88. The van der Waals surface area contributed by atoms with Gasteiger partial charge in [0.25, 0.3) is 0 Å². The van der Waals surface area contributed by atoms with Crippen LogP contribution in [0.1, 0.15) is 29.0 Å². The van der Waals surface area contributed by atoms with Crippen molar-refractivity contribution in [2.24, 2.45) is 0 Å². The second kappa shape index (κ2) is 8.50. The van der Waals surface area contributed by atoms with E-state index in [0.717, 1.165) is 28.7 Å². The van der Waals surface area contributed by atoms with Crippen LogP contribution >= 0.6 is 11.6 Å². The summed E-state index contributed by atoms with van der Waals surface area (Å²) in [4.78, 5) is 11.3. The topological polar surface area (TPSA) is 26.3 Å². The second-order valence-electron chi connectivity index (χ2n) is 5.82. The molecule has 0 aromatic heterocycles. The van der Waals surface area contributed by atoms with Crippen LogP contribution in [0.3, 0.4) is 0 Å². The van der Waals surface area contributed by atoms with Crippen molar-refractivity contribution in [3.8, 4) is 5.75 Å². The van der Waals surface area contributed by atoms with Crippen LogP contribution in [0.25, 0.3) is 0 Å². The van der Waals surface area contributed by atoms with E-state index in [4.69, 9.17) is 16.3 Å². The number of aldehydes is 1. The third-order valence-corrected chi connectivity index (χ3v) is 4.39. The molecule has 3 rings (SSSR count). The molecule has 0 bridgehead atoms. The van der Waals surface area contributed by atoms with Crippen LogP contribution in [0.15, 0.2) is 78.9 Å². The Bertz CT molecular complexity index is 813. The SMILES string of the molecule is O=CC[C@H](c1ccc(Cl)cc1)c1ccccc1OCc1ccccc1. The Morgan fingerprint density at radius 1 is 0.880 bits per heavy atom. The molecule has 0 aliphatic heterocycles. The summed E-state index contributed by atoms with van der Waals surface area (Å²) in [7, 11) is 0. The van der Waals surface area contributed by atoms with E-state index in [0.29, 0.717) is 18.1 Å². The van der Waals surface area contributed by atoms with Gasteiger partial charge in [-0.25, -0.2) is 0 Å². The average molecular weight is 351 g/mol. The number of carbonyl (C=O) groups excluding carboxylic acids is 1. The normalized spacial score (nSPS) is 11.7. The maximum Gasteiger partial charge on any atom is 0.123 e. The number of ether oxygens (including phenoxy) is 1. The molecule has 0 radical (unpaired) electrons. The summed E-state index contributed by atoms with van der Waals surface area (Å²) in [6, 6.07) is 25.5. The van der Waals surface area contributed by atoms with Gasteiger partial charge in [0.1, 0.15) is 18.6 Å². The Balaban J connectivity index is 1.88. The highest BCUT2D eigenvalue weighted by Crippen LogP contribution is 2.34. The minimum Gasteiger partial charge on any atom is -0.489 e. The molecule has 0 saturated heterocycles. The van der Waals surface area contributed by atoms with Gasteiger partial charge in [0, 0.05) is 22.9 Å². The summed E-state index contributed by atoms with van der Waals surface area (Å²) in [6.45, 7) is 0.492. The molecule has 0 unspecified atom stereocenters. The third-order valence-electron chi connectivity index (χ3n) is 4.14. The third kappa shape index (κ3) is 4.49. The van der Waals surface area contributed by atoms with Crippen LogP contribution in [-0.2, 0) is 11.4 Å². The van der Waals surface area contributed by atoms with Crippen molar-refractivity contribution in [3.63, 3.8) is 0 Å². The fourth-order valence-electron chi connectivity index (χ4n) is 2.87. The Morgan fingerprint density at radius 2 is 1.56 bits per heavy atom. The van der Waals surface area contributed by atoms with E-state index >= 15 is 0 Å². The van der Waals surface area contributed by atoms with Crippen molar-refractivity contribution >= 4 is 17.9 Å². The number of hydrogen-bond donors (Lipinski definition) is 0. The minimum absolute atomic E-state index is 0.0539. The molecular formula is C22H19ClO2. The van der Waals surface area contributed by atoms with Gasteiger partial charge >= 0.3 is 0 Å². The number of hydrogen-bond acceptors (Lipinski definition) is 2. The molecule has 0 fully saturated rings. The highest BCUT2D eigenvalue weighted by molar-refractivity contribution is 6.30. The van der Waals surface area contributed by atoms with E-state index in [2.05, 4.69) is 0 Å². The van der Waals surface area contributed by atoms with Crippen molar-refractivity contribution in [1.82, 2.24) is 0 Å². The first kappa shape index (κ1) is 17.2. The Morgan fingerprint density at radius 3 is 2.28 bits per heavy atom. The fraction of sp³-hybridized carbons (Fsp3) is 0.136. The highest BCUT2D eigenvalue weighted by atomic mass is 35.5. The maximum absolute atomic E-state index is 11.3. The van der Waals surface area contributed by atoms with E-state index in [1.165, 1.54) is 0 Å². The quantitative estimate of drug-likeness (QED) is 0.515. The highest BCUT2D eigenvalue weighted by Gasteiger charge is 2.18. The van der Waals surface area contributed by atoms with Gasteiger partial charge in [-0.1, -0.05) is 72.3 Å². The molecule has 0 aliphatic rings. The van der Waals surface area contributed by atoms with Gasteiger partial charge < -0.3 is 9.53 Å². The lowest BCUT2D eigenvalue weighted by Gasteiger charge is -2.19. The number of halogens is 1. The van der Waals surface area contributed by atoms with Crippen LogP contribution < -0.4 is 4.74 Å². The van der Waals surface area contributed by atoms with E-state index in [1.807, 2.05) is 78.9 Å². The predicted octanol–water partition coefficient (Wildman–Crippen LogP) is 5.64. The fourth-order valence-corrected chi connectivity index (χ4v) is 3.00. The maximum atomic E-state index is 11.3. The molecule has 0 heterocycles. The van der Waals surface area contributed by atoms with Crippen LogP contribution in [0.2, 0.25) is 5.02 Å². The summed E-state index contributed by atoms with van der Waals surface area (Å²) in [5.74, 6) is 0.745. The van der Waals surface area contributed by atoms with Crippen LogP contribution in [-0.4, -0.2) is 6.29 Å².